The van der Waals surface area contributed by atoms with Crippen LogP contribution in [-0.2, 0) is 28.5 Å². The molecule has 4 aromatic carbocycles. The molecule has 11 rings (SSSR count). The fourth-order valence-electron chi connectivity index (χ4n) is 10.4. The van der Waals surface area contributed by atoms with Gasteiger partial charge in [0.25, 0.3) is 11.8 Å². The second-order valence-electron chi connectivity index (χ2n) is 19.2. The van der Waals surface area contributed by atoms with E-state index < -0.39 is 24.3 Å². The number of nitrogens with one attached hydrogen (secondary N) is 4. The number of carbonyl (C=O) groups is 4. The zero-order valence-corrected chi connectivity index (χ0v) is 40.8. The highest BCUT2D eigenvalue weighted by Crippen LogP contribution is 2.36. The molecule has 74 heavy (non-hydrogen) atoms. The molecule has 0 saturated carbocycles. The maximum absolute atomic E-state index is 14.3. The van der Waals surface area contributed by atoms with Crippen LogP contribution in [-0.4, -0.2) is 110 Å². The van der Waals surface area contributed by atoms with Gasteiger partial charge in [0.15, 0.2) is 0 Å². The van der Waals surface area contributed by atoms with Crippen molar-refractivity contribution in [3.8, 4) is 23.1 Å². The molecule has 0 radical (unpaired) electrons. The number of pyridine rings is 1. The fraction of sp³-hybridized carbons (Fsp3) is 0.351. The van der Waals surface area contributed by atoms with Crippen molar-refractivity contribution in [3.63, 3.8) is 0 Å². The van der Waals surface area contributed by atoms with E-state index in [1.54, 1.807) is 16.0 Å². The number of likely N-dealkylation sites (tertiary alicyclic amines) is 2. The zero-order valence-electron chi connectivity index (χ0n) is 40.8. The lowest BCUT2D eigenvalue weighted by Crippen LogP contribution is -2.44. The van der Waals surface area contributed by atoms with E-state index in [1.807, 2.05) is 103 Å². The number of amides is 4. The van der Waals surface area contributed by atoms with E-state index in [1.165, 1.54) is 0 Å². The Bertz CT molecular complexity index is 3210. The number of benzene rings is 4. The van der Waals surface area contributed by atoms with Crippen LogP contribution < -0.4 is 10.6 Å². The number of ether oxygens (including phenoxy) is 4. The highest BCUT2D eigenvalue weighted by Gasteiger charge is 2.39. The minimum Gasteiger partial charge on any atom is -0.446 e. The molecule has 4 atom stereocenters. The van der Waals surface area contributed by atoms with Crippen molar-refractivity contribution in [1.82, 2.24) is 45.4 Å². The molecule has 3 aromatic heterocycles. The van der Waals surface area contributed by atoms with E-state index in [2.05, 4.69) is 38.5 Å². The first-order chi connectivity index (χ1) is 36.3. The van der Waals surface area contributed by atoms with Crippen LogP contribution in [0.5, 0.6) is 0 Å². The van der Waals surface area contributed by atoms with Crippen LogP contribution in [0.1, 0.15) is 110 Å². The van der Waals surface area contributed by atoms with Gasteiger partial charge in [-0.1, -0.05) is 72.7 Å². The molecule has 7 aromatic rings. The van der Waals surface area contributed by atoms with Crippen LogP contribution >= 0.6 is 0 Å². The Balaban J connectivity index is 0.750. The van der Waals surface area contributed by atoms with Gasteiger partial charge in [0.05, 0.1) is 67.0 Å². The monoisotopic (exact) mass is 995 g/mol. The van der Waals surface area contributed by atoms with Gasteiger partial charge in [-0.25, -0.2) is 24.5 Å². The summed E-state index contributed by atoms with van der Waals surface area (Å²) in [5, 5.41) is 6.67. The molecule has 4 amide bonds. The summed E-state index contributed by atoms with van der Waals surface area (Å²) < 4.78 is 22.2. The summed E-state index contributed by atoms with van der Waals surface area (Å²) in [5.41, 5.74) is 6.82. The summed E-state index contributed by atoms with van der Waals surface area (Å²) in [6.07, 6.45) is 5.55. The van der Waals surface area contributed by atoms with E-state index >= 15 is 0 Å². The lowest BCUT2D eigenvalue weighted by atomic mass is 10.0. The van der Waals surface area contributed by atoms with Crippen molar-refractivity contribution in [2.75, 3.05) is 39.5 Å². The Morgan fingerprint density at radius 2 is 1.19 bits per heavy atom. The molecular formula is C57H57N9O8. The average molecular weight is 996 g/mol. The van der Waals surface area contributed by atoms with Crippen molar-refractivity contribution < 1.29 is 38.1 Å². The molecular weight excluding hydrogens is 939 g/mol. The third kappa shape index (κ3) is 10.8. The van der Waals surface area contributed by atoms with Crippen LogP contribution in [0.2, 0.25) is 0 Å². The predicted octanol–water partition coefficient (Wildman–Crippen LogP) is 8.52. The first kappa shape index (κ1) is 48.2. The van der Waals surface area contributed by atoms with Crippen molar-refractivity contribution >= 4 is 45.9 Å². The molecule has 17 nitrogen and oxygen atoms in total. The third-order valence-corrected chi connectivity index (χ3v) is 14.3. The normalized spacial score (nSPS) is 19.1. The number of rotatable bonds is 11. The number of nitrogens with zero attached hydrogens (tertiary/aromatic N) is 5. The van der Waals surface area contributed by atoms with Gasteiger partial charge in [0.2, 0.25) is 0 Å². The minimum atomic E-state index is -0.925. The quantitative estimate of drug-likeness (QED) is 0.0904. The number of hydrogen-bond donors (Lipinski definition) is 4. The van der Waals surface area contributed by atoms with Gasteiger partial charge in [0, 0.05) is 55.3 Å². The second kappa shape index (κ2) is 22.0. The number of aromatic amines is 2. The summed E-state index contributed by atoms with van der Waals surface area (Å²) in [6, 6.07) is 31.8. The van der Waals surface area contributed by atoms with Gasteiger partial charge in [-0.3, -0.25) is 9.59 Å². The largest absolute Gasteiger partial charge is 0.446 e. The molecule has 0 bridgehead atoms. The highest BCUT2D eigenvalue weighted by molar-refractivity contribution is 5.89. The topological polar surface area (TPSA) is 206 Å². The summed E-state index contributed by atoms with van der Waals surface area (Å²) in [5.74, 6) is 7.41. The Labute approximate surface area is 427 Å². The highest BCUT2D eigenvalue weighted by atomic mass is 16.6. The van der Waals surface area contributed by atoms with E-state index in [0.29, 0.717) is 93.7 Å². The summed E-state index contributed by atoms with van der Waals surface area (Å²) in [7, 11) is 0. The summed E-state index contributed by atoms with van der Waals surface area (Å²) >= 11 is 0. The SMILES string of the molecule is O=C(NC(C(=O)N1CCCC1c1ncc(-c2ccc3nc(C#Cc4ccc5nc(C6CCCN6C(=O)C(NC(=O)OC6CCOCC6)c6ccccc6)[nH]c5c4)ccc3c2)[nH]1)c1ccccc1)OC1CCOCC1. The number of imidazole rings is 2. The number of H-pyrrole nitrogens is 2. The molecule has 4 fully saturated rings. The van der Waals surface area contributed by atoms with Gasteiger partial charge in [-0.05, 0) is 85.2 Å². The lowest BCUT2D eigenvalue weighted by molar-refractivity contribution is -0.135. The molecule has 4 saturated heterocycles. The molecule has 0 aliphatic carbocycles. The van der Waals surface area contributed by atoms with E-state index in [4.69, 9.17) is 33.9 Å². The van der Waals surface area contributed by atoms with E-state index in [9.17, 15) is 19.2 Å². The standard InChI is InChI=1S/C57H57N9O8/c67-54(50(37-9-3-1-4-10-37)63-56(69)73-42-23-29-71-30-24-42)65-27-7-13-48(65)52-58-35-47(62-52)40-18-22-44-39(34-40)17-20-41(59-44)19-15-36-16-21-45-46(33-36)61-53(60-45)49-14-8-28-66(49)55(68)51(38-11-5-2-6-12-38)64-57(70)74-43-25-31-72-32-26-43/h1-6,9-12,16-18,20-22,33-35,42-43,48-51H,7-8,13-14,23-32H2,(H,58,62)(H,60,61)(H,63,69)(H,64,70). The van der Waals surface area contributed by atoms with Crippen LogP contribution in [0.4, 0.5) is 9.59 Å². The molecule has 4 aliphatic heterocycles. The number of aromatic nitrogens is 5. The molecule has 0 spiro atoms. The average Bonchev–Trinajstić information content (AvgIpc) is 4.29. The molecule has 4 aliphatic rings. The van der Waals surface area contributed by atoms with E-state index in [0.717, 1.165) is 64.4 Å². The number of alkyl carbamates (subject to hydrolysis) is 2. The maximum atomic E-state index is 14.3. The smallest absolute Gasteiger partial charge is 0.408 e. The molecule has 378 valence electrons. The molecule has 4 N–H and O–H groups in total. The summed E-state index contributed by atoms with van der Waals surface area (Å²) in [4.78, 5) is 80.0. The van der Waals surface area contributed by atoms with Crippen LogP contribution in [0.15, 0.2) is 115 Å². The fourth-order valence-corrected chi connectivity index (χ4v) is 10.4. The van der Waals surface area contributed by atoms with Gasteiger partial charge in [0.1, 0.15) is 41.6 Å². The summed E-state index contributed by atoms with van der Waals surface area (Å²) in [6.45, 7) is 3.20. The lowest BCUT2D eigenvalue weighted by Gasteiger charge is -2.29. The van der Waals surface area contributed by atoms with Gasteiger partial charge in [-0.15, -0.1) is 0 Å². The molecule has 7 heterocycles. The van der Waals surface area contributed by atoms with Crippen molar-refractivity contribution in [1.29, 1.82) is 0 Å². The van der Waals surface area contributed by atoms with Crippen LogP contribution in [0, 0.1) is 11.8 Å². The Kier molecular flexibility index (Phi) is 14.3. The third-order valence-electron chi connectivity index (χ3n) is 14.3. The Hall–Kier alpha value is -8.07. The van der Waals surface area contributed by atoms with E-state index in [-0.39, 0.29) is 36.1 Å². The zero-order chi connectivity index (χ0) is 50.4. The first-order valence-corrected chi connectivity index (χ1v) is 25.6. The van der Waals surface area contributed by atoms with Crippen LogP contribution in [0.25, 0.3) is 33.2 Å². The van der Waals surface area contributed by atoms with Crippen molar-refractivity contribution in [2.45, 2.75) is 87.7 Å². The van der Waals surface area contributed by atoms with Gasteiger partial charge in [-0.2, -0.15) is 0 Å². The Morgan fingerprint density at radius 3 is 1.80 bits per heavy atom. The van der Waals surface area contributed by atoms with Crippen LogP contribution in [0.3, 0.4) is 0 Å². The molecule has 4 unspecified atom stereocenters. The number of hydrogen-bond acceptors (Lipinski definition) is 11. The number of fused-ring (bicyclic) bond motifs is 2. The van der Waals surface area contributed by atoms with Gasteiger partial charge >= 0.3 is 12.2 Å². The number of carbonyl (C=O) groups excluding carboxylic acids is 4. The van der Waals surface area contributed by atoms with Gasteiger partial charge < -0.3 is 49.3 Å². The minimum absolute atomic E-state index is 0.219. The van der Waals surface area contributed by atoms with Crippen molar-refractivity contribution in [3.05, 3.63) is 149 Å². The maximum Gasteiger partial charge on any atom is 0.408 e. The van der Waals surface area contributed by atoms with Crippen molar-refractivity contribution in [2.24, 2.45) is 0 Å². The Morgan fingerprint density at radius 1 is 0.608 bits per heavy atom. The second-order valence-corrected chi connectivity index (χ2v) is 19.2. The molecule has 17 heteroatoms. The first-order valence-electron chi connectivity index (χ1n) is 25.6. The predicted molar refractivity (Wildman–Crippen MR) is 274 cm³/mol.